The smallest absolute Gasteiger partial charge is 0.123 e. The SMILES string of the molecule is CC1CC1c1ccc(CNc2ccc(Br)nc2)o1. The van der Waals surface area contributed by atoms with Gasteiger partial charge in [0.05, 0.1) is 18.4 Å². The summed E-state index contributed by atoms with van der Waals surface area (Å²) in [7, 11) is 0. The molecule has 2 aromatic heterocycles. The summed E-state index contributed by atoms with van der Waals surface area (Å²) in [5, 5.41) is 3.29. The number of nitrogens with one attached hydrogen (secondary N) is 1. The van der Waals surface area contributed by atoms with Gasteiger partial charge in [0.25, 0.3) is 0 Å². The zero-order chi connectivity index (χ0) is 12.5. The van der Waals surface area contributed by atoms with Crippen LogP contribution in [0.5, 0.6) is 0 Å². The van der Waals surface area contributed by atoms with E-state index >= 15 is 0 Å². The second kappa shape index (κ2) is 4.76. The van der Waals surface area contributed by atoms with Gasteiger partial charge in [-0.15, -0.1) is 0 Å². The van der Waals surface area contributed by atoms with Crippen LogP contribution in [0.4, 0.5) is 5.69 Å². The molecule has 1 aliphatic rings. The van der Waals surface area contributed by atoms with Crippen LogP contribution in [-0.4, -0.2) is 4.98 Å². The van der Waals surface area contributed by atoms with Crippen molar-refractivity contribution in [3.63, 3.8) is 0 Å². The molecule has 2 atom stereocenters. The van der Waals surface area contributed by atoms with E-state index in [0.717, 1.165) is 27.7 Å². The van der Waals surface area contributed by atoms with Gasteiger partial charge < -0.3 is 9.73 Å². The molecule has 94 valence electrons. The summed E-state index contributed by atoms with van der Waals surface area (Å²) in [6.45, 7) is 2.96. The van der Waals surface area contributed by atoms with Crippen molar-refractivity contribution in [3.8, 4) is 0 Å². The van der Waals surface area contributed by atoms with Crippen LogP contribution in [0.15, 0.2) is 39.5 Å². The molecule has 0 spiro atoms. The molecule has 1 fully saturated rings. The molecule has 0 saturated heterocycles. The summed E-state index contributed by atoms with van der Waals surface area (Å²) in [6.07, 6.45) is 3.06. The van der Waals surface area contributed by atoms with Crippen molar-refractivity contribution >= 4 is 21.6 Å². The van der Waals surface area contributed by atoms with E-state index in [4.69, 9.17) is 4.42 Å². The zero-order valence-electron chi connectivity index (χ0n) is 10.2. The van der Waals surface area contributed by atoms with Gasteiger partial charge >= 0.3 is 0 Å². The Balaban J connectivity index is 1.59. The number of hydrogen-bond acceptors (Lipinski definition) is 3. The lowest BCUT2D eigenvalue weighted by molar-refractivity contribution is 0.468. The van der Waals surface area contributed by atoms with E-state index in [0.29, 0.717) is 12.5 Å². The molecule has 2 unspecified atom stereocenters. The van der Waals surface area contributed by atoms with Crippen molar-refractivity contribution in [2.45, 2.75) is 25.8 Å². The summed E-state index contributed by atoms with van der Waals surface area (Å²) < 4.78 is 6.67. The Bertz CT molecular complexity index is 535. The summed E-state index contributed by atoms with van der Waals surface area (Å²) in [5.41, 5.74) is 0.996. The van der Waals surface area contributed by atoms with Crippen LogP contribution in [0.2, 0.25) is 0 Å². The average Bonchev–Trinajstić information content (AvgIpc) is 2.92. The molecule has 0 bridgehead atoms. The molecule has 0 radical (unpaired) electrons. The lowest BCUT2D eigenvalue weighted by Gasteiger charge is -2.03. The highest BCUT2D eigenvalue weighted by Gasteiger charge is 2.36. The quantitative estimate of drug-likeness (QED) is 0.861. The highest BCUT2D eigenvalue weighted by atomic mass is 79.9. The number of aromatic nitrogens is 1. The normalized spacial score (nSPS) is 21.9. The molecule has 0 aliphatic heterocycles. The third-order valence-corrected chi connectivity index (χ3v) is 3.82. The van der Waals surface area contributed by atoms with Gasteiger partial charge in [-0.3, -0.25) is 0 Å². The maximum Gasteiger partial charge on any atom is 0.123 e. The lowest BCUT2D eigenvalue weighted by Crippen LogP contribution is -1.98. The van der Waals surface area contributed by atoms with E-state index in [1.807, 2.05) is 12.1 Å². The molecule has 18 heavy (non-hydrogen) atoms. The van der Waals surface area contributed by atoms with E-state index in [2.05, 4.69) is 45.3 Å². The van der Waals surface area contributed by atoms with Gasteiger partial charge in [-0.1, -0.05) is 6.92 Å². The van der Waals surface area contributed by atoms with Gasteiger partial charge in [0.1, 0.15) is 16.1 Å². The predicted octanol–water partition coefficient (Wildman–Crippen LogP) is 4.17. The molecule has 3 rings (SSSR count). The molecule has 4 heteroatoms. The maximum absolute atomic E-state index is 5.83. The standard InChI is InChI=1S/C14H15BrN2O/c1-9-6-12(9)13-4-3-11(18-13)8-16-10-2-5-14(15)17-7-10/h2-5,7,9,12,16H,6,8H2,1H3. The first-order chi connectivity index (χ1) is 8.72. The third-order valence-electron chi connectivity index (χ3n) is 3.35. The minimum atomic E-state index is 0.646. The monoisotopic (exact) mass is 306 g/mol. The fraction of sp³-hybridized carbons (Fsp3) is 0.357. The van der Waals surface area contributed by atoms with Crippen LogP contribution in [0.25, 0.3) is 0 Å². The Labute approximate surface area is 115 Å². The number of hydrogen-bond donors (Lipinski definition) is 1. The van der Waals surface area contributed by atoms with Gasteiger partial charge in [-0.05, 0) is 52.5 Å². The first kappa shape index (κ1) is 11.8. The van der Waals surface area contributed by atoms with Crippen molar-refractivity contribution in [3.05, 3.63) is 46.6 Å². The van der Waals surface area contributed by atoms with Crippen molar-refractivity contribution in [1.82, 2.24) is 4.98 Å². The number of pyridine rings is 1. The van der Waals surface area contributed by atoms with Crippen molar-refractivity contribution in [2.24, 2.45) is 5.92 Å². The summed E-state index contributed by atoms with van der Waals surface area (Å²) >= 11 is 3.32. The average molecular weight is 307 g/mol. The Kier molecular flexibility index (Phi) is 3.12. The van der Waals surface area contributed by atoms with Gasteiger partial charge in [0, 0.05) is 5.92 Å². The first-order valence-corrected chi connectivity index (χ1v) is 6.96. The fourth-order valence-corrected chi connectivity index (χ4v) is 2.31. The minimum absolute atomic E-state index is 0.646. The summed E-state index contributed by atoms with van der Waals surface area (Å²) in [5.74, 6) is 3.54. The molecule has 3 nitrogen and oxygen atoms in total. The van der Waals surface area contributed by atoms with Gasteiger partial charge in [0.2, 0.25) is 0 Å². The number of rotatable bonds is 4. The first-order valence-electron chi connectivity index (χ1n) is 6.16. The molecule has 1 aliphatic carbocycles. The van der Waals surface area contributed by atoms with Gasteiger partial charge in [-0.2, -0.15) is 0 Å². The molecular weight excluding hydrogens is 292 g/mol. The second-order valence-corrected chi connectivity index (χ2v) is 5.66. The summed E-state index contributed by atoms with van der Waals surface area (Å²) in [4.78, 5) is 4.17. The molecule has 1 saturated carbocycles. The number of anilines is 1. The summed E-state index contributed by atoms with van der Waals surface area (Å²) in [6, 6.07) is 8.07. The van der Waals surface area contributed by atoms with Crippen LogP contribution < -0.4 is 5.32 Å². The van der Waals surface area contributed by atoms with Crippen LogP contribution in [0.3, 0.4) is 0 Å². The van der Waals surface area contributed by atoms with E-state index in [-0.39, 0.29) is 0 Å². The van der Waals surface area contributed by atoms with Crippen LogP contribution >= 0.6 is 15.9 Å². The van der Waals surface area contributed by atoms with E-state index in [1.54, 1.807) is 6.20 Å². The third kappa shape index (κ3) is 2.58. The van der Waals surface area contributed by atoms with Crippen molar-refractivity contribution in [1.29, 1.82) is 0 Å². The number of nitrogens with zero attached hydrogens (tertiary/aromatic N) is 1. The van der Waals surface area contributed by atoms with Gasteiger partial charge in [0.15, 0.2) is 0 Å². The highest BCUT2D eigenvalue weighted by Crippen LogP contribution is 2.47. The number of halogens is 1. The topological polar surface area (TPSA) is 38.1 Å². The molecule has 0 amide bonds. The fourth-order valence-electron chi connectivity index (χ4n) is 2.08. The van der Waals surface area contributed by atoms with Crippen molar-refractivity contribution in [2.75, 3.05) is 5.32 Å². The van der Waals surface area contributed by atoms with E-state index < -0.39 is 0 Å². The second-order valence-electron chi connectivity index (χ2n) is 4.85. The van der Waals surface area contributed by atoms with Crippen LogP contribution in [0.1, 0.15) is 30.8 Å². The van der Waals surface area contributed by atoms with Gasteiger partial charge in [-0.25, -0.2) is 4.98 Å². The van der Waals surface area contributed by atoms with Crippen LogP contribution in [0, 0.1) is 5.92 Å². The molecular formula is C14H15BrN2O. The van der Waals surface area contributed by atoms with Crippen LogP contribution in [-0.2, 0) is 6.54 Å². The Morgan fingerprint density at radius 2 is 2.22 bits per heavy atom. The predicted molar refractivity (Wildman–Crippen MR) is 74.5 cm³/mol. The lowest BCUT2D eigenvalue weighted by atomic mass is 10.3. The Hall–Kier alpha value is -1.29. The van der Waals surface area contributed by atoms with Crippen molar-refractivity contribution < 1.29 is 4.42 Å². The van der Waals surface area contributed by atoms with E-state index in [9.17, 15) is 0 Å². The highest BCUT2D eigenvalue weighted by molar-refractivity contribution is 9.10. The Morgan fingerprint density at radius 3 is 2.89 bits per heavy atom. The largest absolute Gasteiger partial charge is 0.464 e. The Morgan fingerprint density at radius 1 is 1.39 bits per heavy atom. The molecule has 1 N–H and O–H groups in total. The molecule has 2 aromatic rings. The number of furan rings is 1. The molecule has 2 heterocycles. The maximum atomic E-state index is 5.83. The minimum Gasteiger partial charge on any atom is -0.464 e. The zero-order valence-corrected chi connectivity index (χ0v) is 11.8. The van der Waals surface area contributed by atoms with E-state index in [1.165, 1.54) is 6.42 Å². The molecule has 0 aromatic carbocycles.